The minimum atomic E-state index is -3.94. The number of nitro benzene ring substituents is 1. The van der Waals surface area contributed by atoms with Crippen LogP contribution >= 0.6 is 23.1 Å². The van der Waals surface area contributed by atoms with E-state index in [1.807, 2.05) is 60.7 Å². The van der Waals surface area contributed by atoms with Crippen LogP contribution in [0.4, 0.5) is 10.8 Å². The van der Waals surface area contributed by atoms with Crippen LogP contribution in [0.25, 0.3) is 0 Å². The lowest BCUT2D eigenvalue weighted by Gasteiger charge is -2.16. The molecular formula is C23H17N3O5S3. The van der Waals surface area contributed by atoms with Crippen molar-refractivity contribution in [2.75, 3.05) is 5.32 Å². The van der Waals surface area contributed by atoms with Crippen LogP contribution in [0.3, 0.4) is 0 Å². The summed E-state index contributed by atoms with van der Waals surface area (Å²) in [4.78, 5) is 28.3. The van der Waals surface area contributed by atoms with Crippen molar-refractivity contribution in [2.45, 2.75) is 19.3 Å². The number of non-ortho nitro benzene ring substituents is 1. The maximum Gasteiger partial charge on any atom is 0.269 e. The Kier molecular flexibility index (Phi) is 7.06. The monoisotopic (exact) mass is 511 g/mol. The molecule has 0 radical (unpaired) electrons. The molecule has 0 spiro atoms. The fourth-order valence-electron chi connectivity index (χ4n) is 3.01. The topological polar surface area (TPSA) is 119 Å². The second-order valence-electron chi connectivity index (χ2n) is 6.95. The zero-order valence-electron chi connectivity index (χ0n) is 17.4. The molecule has 0 aliphatic carbocycles. The summed E-state index contributed by atoms with van der Waals surface area (Å²) >= 11 is 2.19. The Labute approximate surface area is 203 Å². The maximum atomic E-state index is 13.2. The highest BCUT2D eigenvalue weighted by atomic mass is 32.2. The number of aromatic nitrogens is 1. The lowest BCUT2D eigenvalue weighted by atomic mass is 10.1. The number of sulfone groups is 1. The van der Waals surface area contributed by atoms with Gasteiger partial charge in [-0.15, -0.1) is 11.8 Å². The molecule has 4 aromatic rings. The molecule has 0 aliphatic rings. The van der Waals surface area contributed by atoms with Crippen molar-refractivity contribution in [2.24, 2.45) is 0 Å². The highest BCUT2D eigenvalue weighted by molar-refractivity contribution is 8.00. The number of anilines is 1. The first kappa shape index (κ1) is 23.6. The van der Waals surface area contributed by atoms with Gasteiger partial charge < -0.3 is 5.32 Å². The smallest absolute Gasteiger partial charge is 0.269 e. The number of thioether (sulfide) groups is 1. The quantitative estimate of drug-likeness (QED) is 0.192. The Balaban J connectivity index is 1.55. The van der Waals surface area contributed by atoms with Gasteiger partial charge in [0.25, 0.3) is 5.69 Å². The summed E-state index contributed by atoms with van der Waals surface area (Å²) in [5, 5.41) is 13.1. The van der Waals surface area contributed by atoms with Gasteiger partial charge in [0.05, 0.1) is 16.0 Å². The average molecular weight is 512 g/mol. The number of nitrogens with one attached hydrogen (secondary N) is 1. The Morgan fingerprint density at radius 3 is 2.21 bits per heavy atom. The minimum absolute atomic E-state index is 0.0800. The summed E-state index contributed by atoms with van der Waals surface area (Å²) in [6.45, 7) is 0. The number of carbonyl (C=O) groups excluding carboxylic acids is 1. The van der Waals surface area contributed by atoms with E-state index in [0.29, 0.717) is 0 Å². The van der Waals surface area contributed by atoms with Gasteiger partial charge in [0.2, 0.25) is 15.7 Å². The van der Waals surface area contributed by atoms with Crippen LogP contribution in [-0.4, -0.2) is 24.2 Å². The molecule has 3 aromatic carbocycles. The standard InChI is InChI=1S/C23H17N3O5S3/c27-22(21(16-7-3-1-4-8-16)32-18-9-5-2-6-10-18)25-23-24-15-20(33-23)34(30,31)19-13-11-17(12-14-19)26(28)29/h1-15,21H,(H,24,25,27). The molecule has 0 saturated heterocycles. The molecule has 34 heavy (non-hydrogen) atoms. The number of amides is 1. The number of hydrogen-bond acceptors (Lipinski definition) is 8. The zero-order valence-corrected chi connectivity index (χ0v) is 19.8. The third-order valence-electron chi connectivity index (χ3n) is 4.67. The molecule has 1 atom stereocenters. The Morgan fingerprint density at radius 2 is 1.59 bits per heavy atom. The molecule has 1 aromatic heterocycles. The van der Waals surface area contributed by atoms with Crippen LogP contribution in [-0.2, 0) is 14.6 Å². The molecule has 1 unspecified atom stereocenters. The van der Waals surface area contributed by atoms with Crippen molar-refractivity contribution in [1.29, 1.82) is 0 Å². The van der Waals surface area contributed by atoms with Crippen molar-refractivity contribution < 1.29 is 18.1 Å². The van der Waals surface area contributed by atoms with E-state index in [1.54, 1.807) is 0 Å². The fraction of sp³-hybridized carbons (Fsp3) is 0.0435. The molecule has 172 valence electrons. The minimum Gasteiger partial charge on any atom is -0.301 e. The normalized spacial score (nSPS) is 12.1. The summed E-state index contributed by atoms with van der Waals surface area (Å²) < 4.78 is 25.7. The van der Waals surface area contributed by atoms with E-state index in [2.05, 4.69) is 10.3 Å². The largest absolute Gasteiger partial charge is 0.301 e. The number of hydrogen-bond donors (Lipinski definition) is 1. The van der Waals surface area contributed by atoms with E-state index in [4.69, 9.17) is 0 Å². The Bertz CT molecular complexity index is 1410. The number of carbonyl (C=O) groups is 1. The summed E-state index contributed by atoms with van der Waals surface area (Å²) in [6, 6.07) is 23.4. The van der Waals surface area contributed by atoms with Gasteiger partial charge >= 0.3 is 0 Å². The predicted molar refractivity (Wildman–Crippen MR) is 131 cm³/mol. The first-order valence-electron chi connectivity index (χ1n) is 9.87. The van der Waals surface area contributed by atoms with Crippen LogP contribution in [0.1, 0.15) is 10.8 Å². The first-order valence-corrected chi connectivity index (χ1v) is 13.1. The van der Waals surface area contributed by atoms with Crippen LogP contribution in [0.2, 0.25) is 0 Å². The molecule has 4 rings (SSSR count). The number of nitro groups is 1. The van der Waals surface area contributed by atoms with Gasteiger partial charge in [-0.3, -0.25) is 14.9 Å². The summed E-state index contributed by atoms with van der Waals surface area (Å²) in [7, 11) is -3.94. The lowest BCUT2D eigenvalue weighted by molar-refractivity contribution is -0.384. The van der Waals surface area contributed by atoms with Gasteiger partial charge in [-0.1, -0.05) is 59.9 Å². The SMILES string of the molecule is O=C(Nc1ncc(S(=O)(=O)c2ccc([N+](=O)[O-])cc2)s1)C(Sc1ccccc1)c1ccccc1. The second kappa shape index (κ2) is 10.2. The summed E-state index contributed by atoms with van der Waals surface area (Å²) in [5.74, 6) is -0.339. The van der Waals surface area contributed by atoms with Gasteiger partial charge in [0.15, 0.2) is 5.13 Å². The third-order valence-corrected chi connectivity index (χ3v) is 9.08. The van der Waals surface area contributed by atoms with Crippen LogP contribution < -0.4 is 5.32 Å². The Morgan fingerprint density at radius 1 is 0.971 bits per heavy atom. The molecule has 0 aliphatic heterocycles. The molecule has 1 N–H and O–H groups in total. The number of benzene rings is 3. The zero-order chi connectivity index (χ0) is 24.1. The first-order chi connectivity index (χ1) is 16.3. The molecule has 11 heteroatoms. The van der Waals surface area contributed by atoms with E-state index in [9.17, 15) is 23.3 Å². The van der Waals surface area contributed by atoms with Crippen LogP contribution in [0, 0.1) is 10.1 Å². The molecule has 0 saturated carbocycles. The summed E-state index contributed by atoms with van der Waals surface area (Å²) in [5.41, 5.74) is 0.586. The highest BCUT2D eigenvalue weighted by Crippen LogP contribution is 2.37. The molecule has 8 nitrogen and oxygen atoms in total. The van der Waals surface area contributed by atoms with Crippen molar-refractivity contribution in [3.63, 3.8) is 0 Å². The molecular weight excluding hydrogens is 494 g/mol. The van der Waals surface area contributed by atoms with E-state index >= 15 is 0 Å². The van der Waals surface area contributed by atoms with Gasteiger partial charge in [-0.05, 0) is 29.8 Å². The summed E-state index contributed by atoms with van der Waals surface area (Å²) in [6.07, 6.45) is 1.17. The van der Waals surface area contributed by atoms with Gasteiger partial charge in [-0.25, -0.2) is 13.4 Å². The highest BCUT2D eigenvalue weighted by Gasteiger charge is 2.25. The predicted octanol–water partition coefficient (Wildman–Crippen LogP) is 5.36. The number of thiazole rings is 1. The van der Waals surface area contributed by atoms with E-state index in [-0.39, 0.29) is 25.8 Å². The average Bonchev–Trinajstić information content (AvgIpc) is 3.33. The van der Waals surface area contributed by atoms with E-state index in [0.717, 1.165) is 33.9 Å². The van der Waals surface area contributed by atoms with Crippen molar-refractivity contribution in [1.82, 2.24) is 4.98 Å². The van der Waals surface area contributed by atoms with E-state index < -0.39 is 20.0 Å². The molecule has 1 amide bonds. The van der Waals surface area contributed by atoms with Crippen LogP contribution in [0.5, 0.6) is 0 Å². The van der Waals surface area contributed by atoms with E-state index in [1.165, 1.54) is 30.1 Å². The maximum absolute atomic E-state index is 13.2. The van der Waals surface area contributed by atoms with Crippen molar-refractivity contribution in [3.05, 3.63) is 107 Å². The van der Waals surface area contributed by atoms with Gasteiger partial charge in [0.1, 0.15) is 9.46 Å². The fourth-order valence-corrected chi connectivity index (χ4v) is 6.49. The number of rotatable bonds is 8. The molecule has 0 fully saturated rings. The van der Waals surface area contributed by atoms with Gasteiger partial charge in [0, 0.05) is 17.0 Å². The second-order valence-corrected chi connectivity index (χ2v) is 11.3. The number of nitrogens with zero attached hydrogens (tertiary/aromatic N) is 2. The molecule has 1 heterocycles. The van der Waals surface area contributed by atoms with Crippen molar-refractivity contribution >= 4 is 49.7 Å². The van der Waals surface area contributed by atoms with Gasteiger partial charge in [-0.2, -0.15) is 0 Å². The van der Waals surface area contributed by atoms with Crippen molar-refractivity contribution in [3.8, 4) is 0 Å². The molecule has 0 bridgehead atoms. The lowest BCUT2D eigenvalue weighted by Crippen LogP contribution is -2.18. The van der Waals surface area contributed by atoms with Crippen LogP contribution in [0.15, 0.2) is 105 Å². The third kappa shape index (κ3) is 5.33. The Hall–Kier alpha value is -3.54.